The van der Waals surface area contributed by atoms with Crippen molar-refractivity contribution in [2.24, 2.45) is 17.3 Å². The van der Waals surface area contributed by atoms with E-state index in [0.29, 0.717) is 5.41 Å². The van der Waals surface area contributed by atoms with Gasteiger partial charge < -0.3 is 5.32 Å². The summed E-state index contributed by atoms with van der Waals surface area (Å²) in [6.07, 6.45) is 14.5. The average Bonchev–Trinajstić information content (AvgIpc) is 3.22. The van der Waals surface area contributed by atoms with E-state index >= 15 is 0 Å². The number of nitrogens with one attached hydrogen (secondary N) is 1. The molecule has 0 radical (unpaired) electrons. The molecule has 1 fully saturated rings. The summed E-state index contributed by atoms with van der Waals surface area (Å²) < 4.78 is 0. The van der Waals surface area contributed by atoms with Crippen LogP contribution in [-0.4, -0.2) is 13.1 Å². The Balaban J connectivity index is 2.11. The summed E-state index contributed by atoms with van der Waals surface area (Å²) in [7, 11) is 0. The first-order valence-electron chi connectivity index (χ1n) is 9.29. The Morgan fingerprint density at radius 3 is 2.15 bits per heavy atom. The second kappa shape index (κ2) is 9.82. The van der Waals surface area contributed by atoms with E-state index in [2.05, 4.69) is 33.0 Å². The molecule has 0 saturated heterocycles. The first kappa shape index (κ1) is 18.0. The fourth-order valence-electron chi connectivity index (χ4n) is 3.35. The summed E-state index contributed by atoms with van der Waals surface area (Å²) in [5.41, 5.74) is 0.582. The van der Waals surface area contributed by atoms with Crippen LogP contribution in [0.4, 0.5) is 0 Å². The molecular formula is C19H39N. The van der Waals surface area contributed by atoms with Crippen molar-refractivity contribution in [3.8, 4) is 0 Å². The van der Waals surface area contributed by atoms with Gasteiger partial charge in [0, 0.05) is 6.54 Å². The number of hydrogen-bond acceptors (Lipinski definition) is 1. The third kappa shape index (κ3) is 7.67. The molecule has 0 amide bonds. The van der Waals surface area contributed by atoms with Crippen LogP contribution in [0.5, 0.6) is 0 Å². The van der Waals surface area contributed by atoms with Gasteiger partial charge in [0.05, 0.1) is 0 Å². The second-order valence-corrected chi connectivity index (χ2v) is 7.82. The van der Waals surface area contributed by atoms with Gasteiger partial charge in [-0.3, -0.25) is 0 Å². The molecule has 1 saturated carbocycles. The van der Waals surface area contributed by atoms with E-state index in [4.69, 9.17) is 0 Å². The Morgan fingerprint density at radius 1 is 1.00 bits per heavy atom. The molecule has 0 aromatic carbocycles. The number of hydrogen-bond donors (Lipinski definition) is 1. The summed E-state index contributed by atoms with van der Waals surface area (Å²) >= 11 is 0. The highest BCUT2D eigenvalue weighted by atomic mass is 14.9. The van der Waals surface area contributed by atoms with Crippen LogP contribution in [-0.2, 0) is 0 Å². The van der Waals surface area contributed by atoms with E-state index in [-0.39, 0.29) is 0 Å². The lowest BCUT2D eigenvalue weighted by Gasteiger charge is -2.31. The van der Waals surface area contributed by atoms with Gasteiger partial charge in [-0.1, -0.05) is 72.6 Å². The van der Waals surface area contributed by atoms with Crippen LogP contribution in [0, 0.1) is 17.3 Å². The van der Waals surface area contributed by atoms with Crippen LogP contribution in [0.1, 0.15) is 91.9 Å². The normalized spacial score (nSPS) is 18.4. The lowest BCUT2D eigenvalue weighted by atomic mass is 9.79. The maximum atomic E-state index is 3.72. The van der Waals surface area contributed by atoms with Crippen molar-refractivity contribution in [1.82, 2.24) is 5.32 Å². The van der Waals surface area contributed by atoms with Gasteiger partial charge in [-0.2, -0.15) is 0 Å². The zero-order valence-corrected chi connectivity index (χ0v) is 14.6. The van der Waals surface area contributed by atoms with E-state index in [1.807, 2.05) is 0 Å². The Kier molecular flexibility index (Phi) is 8.84. The maximum absolute atomic E-state index is 3.72. The number of rotatable bonds is 13. The van der Waals surface area contributed by atoms with E-state index in [1.54, 1.807) is 0 Å². The van der Waals surface area contributed by atoms with E-state index in [1.165, 1.54) is 77.3 Å². The minimum Gasteiger partial charge on any atom is -0.316 e. The summed E-state index contributed by atoms with van der Waals surface area (Å²) in [5, 5.41) is 3.72. The predicted molar refractivity (Wildman–Crippen MR) is 91.1 cm³/mol. The molecule has 0 bridgehead atoms. The highest BCUT2D eigenvalue weighted by molar-refractivity contribution is 4.92. The van der Waals surface area contributed by atoms with Gasteiger partial charge in [-0.15, -0.1) is 0 Å². The lowest BCUT2D eigenvalue weighted by Crippen LogP contribution is -2.35. The molecule has 0 spiro atoms. The third-order valence-corrected chi connectivity index (χ3v) is 5.00. The highest BCUT2D eigenvalue weighted by Gasteiger charge is 2.40. The Hall–Kier alpha value is -0.0400. The molecule has 1 N–H and O–H groups in total. The van der Waals surface area contributed by atoms with Crippen molar-refractivity contribution in [2.75, 3.05) is 13.1 Å². The molecule has 1 aliphatic carbocycles. The standard InChI is InChI=1S/C19H39N/c1-5-6-7-8-9-10-11-14-19(4,18-12-13-18)16-20-15-17(2)3/h17-18,20H,5-16H2,1-4H3. The van der Waals surface area contributed by atoms with E-state index in [0.717, 1.165) is 11.8 Å². The molecule has 1 atom stereocenters. The first-order valence-corrected chi connectivity index (χ1v) is 9.29. The predicted octanol–water partition coefficient (Wildman–Crippen LogP) is 5.79. The molecule has 0 aliphatic heterocycles. The first-order chi connectivity index (χ1) is 9.58. The summed E-state index contributed by atoms with van der Waals surface area (Å²) in [6, 6.07) is 0. The summed E-state index contributed by atoms with van der Waals surface area (Å²) in [4.78, 5) is 0. The minimum absolute atomic E-state index is 0.582. The van der Waals surface area contributed by atoms with Crippen LogP contribution in [0.25, 0.3) is 0 Å². The van der Waals surface area contributed by atoms with Crippen LogP contribution in [0.3, 0.4) is 0 Å². The molecule has 120 valence electrons. The van der Waals surface area contributed by atoms with Gasteiger partial charge in [0.15, 0.2) is 0 Å². The van der Waals surface area contributed by atoms with Crippen molar-refractivity contribution in [3.05, 3.63) is 0 Å². The van der Waals surface area contributed by atoms with E-state index < -0.39 is 0 Å². The van der Waals surface area contributed by atoms with Crippen LogP contribution >= 0.6 is 0 Å². The topological polar surface area (TPSA) is 12.0 Å². The van der Waals surface area contributed by atoms with Crippen molar-refractivity contribution in [2.45, 2.75) is 91.9 Å². The quantitative estimate of drug-likeness (QED) is 0.421. The highest BCUT2D eigenvalue weighted by Crippen LogP contribution is 2.48. The SMILES string of the molecule is CCCCCCCCCC(C)(CNCC(C)C)C1CC1. The molecule has 1 heteroatoms. The van der Waals surface area contributed by atoms with Gasteiger partial charge in [0.2, 0.25) is 0 Å². The molecule has 0 aromatic heterocycles. The smallest absolute Gasteiger partial charge is 0.000793 e. The third-order valence-electron chi connectivity index (χ3n) is 5.00. The zero-order valence-electron chi connectivity index (χ0n) is 14.6. The maximum Gasteiger partial charge on any atom is 0.000793 e. The minimum atomic E-state index is 0.582. The van der Waals surface area contributed by atoms with Crippen molar-refractivity contribution >= 4 is 0 Å². The number of unbranched alkanes of at least 4 members (excludes halogenated alkanes) is 6. The Morgan fingerprint density at radius 2 is 1.60 bits per heavy atom. The van der Waals surface area contributed by atoms with Crippen molar-refractivity contribution in [1.29, 1.82) is 0 Å². The lowest BCUT2D eigenvalue weighted by molar-refractivity contribution is 0.225. The van der Waals surface area contributed by atoms with Gasteiger partial charge in [-0.25, -0.2) is 0 Å². The van der Waals surface area contributed by atoms with Gasteiger partial charge in [0.25, 0.3) is 0 Å². The molecular weight excluding hydrogens is 242 g/mol. The molecule has 1 nitrogen and oxygen atoms in total. The average molecular weight is 282 g/mol. The molecule has 0 heterocycles. The molecule has 1 aliphatic rings. The Labute approximate surface area is 128 Å². The second-order valence-electron chi connectivity index (χ2n) is 7.82. The largest absolute Gasteiger partial charge is 0.316 e. The van der Waals surface area contributed by atoms with Gasteiger partial charge >= 0.3 is 0 Å². The Bertz CT molecular complexity index is 232. The zero-order chi connectivity index (χ0) is 14.8. The fourth-order valence-corrected chi connectivity index (χ4v) is 3.35. The summed E-state index contributed by atoms with van der Waals surface area (Å²) in [6.45, 7) is 11.9. The van der Waals surface area contributed by atoms with Gasteiger partial charge in [-0.05, 0) is 43.1 Å². The van der Waals surface area contributed by atoms with Crippen LogP contribution in [0.2, 0.25) is 0 Å². The fraction of sp³-hybridized carbons (Fsp3) is 1.00. The van der Waals surface area contributed by atoms with E-state index in [9.17, 15) is 0 Å². The van der Waals surface area contributed by atoms with Gasteiger partial charge in [0.1, 0.15) is 0 Å². The summed E-state index contributed by atoms with van der Waals surface area (Å²) in [5.74, 6) is 1.79. The van der Waals surface area contributed by atoms with Crippen LogP contribution < -0.4 is 5.32 Å². The van der Waals surface area contributed by atoms with Crippen molar-refractivity contribution < 1.29 is 0 Å². The molecule has 1 rings (SSSR count). The molecule has 20 heavy (non-hydrogen) atoms. The molecule has 1 unspecified atom stereocenters. The molecule has 0 aromatic rings. The van der Waals surface area contributed by atoms with Crippen LogP contribution in [0.15, 0.2) is 0 Å². The van der Waals surface area contributed by atoms with Crippen molar-refractivity contribution in [3.63, 3.8) is 0 Å². The monoisotopic (exact) mass is 281 g/mol.